The molecular formula is C14H16N2O2. The van der Waals surface area contributed by atoms with Gasteiger partial charge in [-0.1, -0.05) is 0 Å². The van der Waals surface area contributed by atoms with Crippen LogP contribution in [0.2, 0.25) is 0 Å². The predicted molar refractivity (Wildman–Crippen MR) is 69.5 cm³/mol. The summed E-state index contributed by atoms with van der Waals surface area (Å²) in [6.07, 6.45) is 3.49. The predicted octanol–water partition coefficient (Wildman–Crippen LogP) is 2.13. The van der Waals surface area contributed by atoms with E-state index < -0.39 is 0 Å². The molecule has 1 aromatic heterocycles. The standard InChI is InChI=1S/C14H16N2O2/c1-17-13-6-12(9-15)7-14(8-13)18-10-11-2-4-16-5-3-11/h2-8H,9-10,15H2,1H3. The average molecular weight is 244 g/mol. The first kappa shape index (κ1) is 12.4. The second-order valence-corrected chi connectivity index (χ2v) is 3.87. The molecule has 0 spiro atoms. The molecule has 4 nitrogen and oxygen atoms in total. The molecule has 2 rings (SSSR count). The molecule has 2 N–H and O–H groups in total. The molecule has 0 unspecified atom stereocenters. The Hall–Kier alpha value is -2.07. The number of benzene rings is 1. The molecule has 1 heterocycles. The molecule has 0 amide bonds. The molecule has 0 saturated carbocycles. The first-order valence-electron chi connectivity index (χ1n) is 5.71. The highest BCUT2D eigenvalue weighted by atomic mass is 16.5. The average Bonchev–Trinajstić information content (AvgIpc) is 2.45. The van der Waals surface area contributed by atoms with Crippen molar-refractivity contribution in [1.82, 2.24) is 4.98 Å². The van der Waals surface area contributed by atoms with Gasteiger partial charge in [0.1, 0.15) is 18.1 Å². The Morgan fingerprint density at radius 2 is 1.78 bits per heavy atom. The maximum atomic E-state index is 5.71. The maximum absolute atomic E-state index is 5.71. The SMILES string of the molecule is COc1cc(CN)cc(OCc2ccncc2)c1. The van der Waals surface area contributed by atoms with Crippen molar-refractivity contribution in [3.63, 3.8) is 0 Å². The summed E-state index contributed by atoms with van der Waals surface area (Å²) >= 11 is 0. The number of rotatable bonds is 5. The van der Waals surface area contributed by atoms with Gasteiger partial charge in [-0.2, -0.15) is 0 Å². The fourth-order valence-electron chi connectivity index (χ4n) is 1.60. The van der Waals surface area contributed by atoms with Gasteiger partial charge in [-0.25, -0.2) is 0 Å². The molecule has 0 atom stereocenters. The Morgan fingerprint density at radius 1 is 1.06 bits per heavy atom. The van der Waals surface area contributed by atoms with Gasteiger partial charge in [-0.15, -0.1) is 0 Å². The van der Waals surface area contributed by atoms with E-state index in [-0.39, 0.29) is 0 Å². The quantitative estimate of drug-likeness (QED) is 0.875. The molecule has 1 aromatic carbocycles. The normalized spacial score (nSPS) is 10.1. The van der Waals surface area contributed by atoms with Gasteiger partial charge >= 0.3 is 0 Å². The van der Waals surface area contributed by atoms with Gasteiger partial charge in [0.25, 0.3) is 0 Å². The summed E-state index contributed by atoms with van der Waals surface area (Å²) in [6.45, 7) is 0.961. The third kappa shape index (κ3) is 3.21. The van der Waals surface area contributed by atoms with E-state index in [0.29, 0.717) is 13.2 Å². The Bertz CT molecular complexity index is 478. The third-order valence-corrected chi connectivity index (χ3v) is 2.57. The summed E-state index contributed by atoms with van der Waals surface area (Å²) in [4.78, 5) is 3.96. The van der Waals surface area contributed by atoms with Gasteiger partial charge in [0.15, 0.2) is 0 Å². The molecule has 0 aliphatic carbocycles. The summed E-state index contributed by atoms with van der Waals surface area (Å²) in [7, 11) is 1.63. The van der Waals surface area contributed by atoms with Gasteiger partial charge in [0, 0.05) is 25.0 Å². The van der Waals surface area contributed by atoms with Crippen LogP contribution >= 0.6 is 0 Å². The van der Waals surface area contributed by atoms with Gasteiger partial charge in [0.2, 0.25) is 0 Å². The minimum atomic E-state index is 0.461. The lowest BCUT2D eigenvalue weighted by atomic mass is 10.2. The van der Waals surface area contributed by atoms with Crippen LogP contribution in [0.3, 0.4) is 0 Å². The molecule has 0 bridgehead atoms. The van der Waals surface area contributed by atoms with E-state index in [1.54, 1.807) is 19.5 Å². The summed E-state index contributed by atoms with van der Waals surface area (Å²) < 4.78 is 10.9. The lowest BCUT2D eigenvalue weighted by Crippen LogP contribution is -2.00. The van der Waals surface area contributed by atoms with E-state index in [2.05, 4.69) is 4.98 Å². The number of hydrogen-bond donors (Lipinski definition) is 1. The molecule has 2 aromatic rings. The Labute approximate surface area is 106 Å². The Kier molecular flexibility index (Phi) is 4.15. The molecular weight excluding hydrogens is 228 g/mol. The molecule has 18 heavy (non-hydrogen) atoms. The van der Waals surface area contributed by atoms with Gasteiger partial charge < -0.3 is 15.2 Å². The summed E-state index contributed by atoms with van der Waals surface area (Å²) in [5.41, 5.74) is 7.69. The van der Waals surface area contributed by atoms with Crippen LogP contribution in [0.4, 0.5) is 0 Å². The van der Waals surface area contributed by atoms with Crippen molar-refractivity contribution >= 4 is 0 Å². The van der Waals surface area contributed by atoms with Gasteiger partial charge in [-0.3, -0.25) is 4.98 Å². The zero-order chi connectivity index (χ0) is 12.8. The molecule has 0 radical (unpaired) electrons. The monoisotopic (exact) mass is 244 g/mol. The Balaban J connectivity index is 2.09. The van der Waals surface area contributed by atoms with Crippen molar-refractivity contribution in [3.05, 3.63) is 53.9 Å². The second-order valence-electron chi connectivity index (χ2n) is 3.87. The second kappa shape index (κ2) is 6.02. The van der Waals surface area contributed by atoms with E-state index in [9.17, 15) is 0 Å². The van der Waals surface area contributed by atoms with Crippen LogP contribution in [0, 0.1) is 0 Å². The zero-order valence-electron chi connectivity index (χ0n) is 10.3. The van der Waals surface area contributed by atoms with Crippen molar-refractivity contribution in [2.45, 2.75) is 13.2 Å². The van der Waals surface area contributed by atoms with E-state index >= 15 is 0 Å². The minimum Gasteiger partial charge on any atom is -0.497 e. The van der Waals surface area contributed by atoms with E-state index in [1.807, 2.05) is 30.3 Å². The largest absolute Gasteiger partial charge is 0.497 e. The van der Waals surface area contributed by atoms with Gasteiger partial charge in [0.05, 0.1) is 7.11 Å². The van der Waals surface area contributed by atoms with Crippen LogP contribution in [0.25, 0.3) is 0 Å². The van der Waals surface area contributed by atoms with Crippen LogP contribution in [0.5, 0.6) is 11.5 Å². The summed E-state index contributed by atoms with van der Waals surface area (Å²) in [5, 5.41) is 0. The molecule has 0 aliphatic heterocycles. The number of hydrogen-bond acceptors (Lipinski definition) is 4. The minimum absolute atomic E-state index is 0.461. The lowest BCUT2D eigenvalue weighted by molar-refractivity contribution is 0.303. The van der Waals surface area contributed by atoms with E-state index in [0.717, 1.165) is 22.6 Å². The van der Waals surface area contributed by atoms with Crippen LogP contribution < -0.4 is 15.2 Å². The van der Waals surface area contributed by atoms with Crippen LogP contribution in [0.15, 0.2) is 42.7 Å². The highest BCUT2D eigenvalue weighted by molar-refractivity contribution is 5.38. The molecule has 0 saturated heterocycles. The van der Waals surface area contributed by atoms with Crippen molar-refractivity contribution in [2.24, 2.45) is 5.73 Å². The fraction of sp³-hybridized carbons (Fsp3) is 0.214. The molecule has 4 heteroatoms. The first-order chi connectivity index (χ1) is 8.81. The van der Waals surface area contributed by atoms with Crippen LogP contribution in [0.1, 0.15) is 11.1 Å². The van der Waals surface area contributed by atoms with Crippen molar-refractivity contribution in [3.8, 4) is 11.5 Å². The smallest absolute Gasteiger partial charge is 0.123 e. The van der Waals surface area contributed by atoms with Crippen LogP contribution in [-0.4, -0.2) is 12.1 Å². The number of nitrogens with zero attached hydrogens (tertiary/aromatic N) is 1. The fourth-order valence-corrected chi connectivity index (χ4v) is 1.60. The van der Waals surface area contributed by atoms with Crippen molar-refractivity contribution in [2.75, 3.05) is 7.11 Å². The number of aromatic nitrogens is 1. The number of nitrogens with two attached hydrogens (primary N) is 1. The molecule has 94 valence electrons. The number of pyridine rings is 1. The zero-order valence-corrected chi connectivity index (χ0v) is 10.3. The van der Waals surface area contributed by atoms with E-state index in [1.165, 1.54) is 0 Å². The highest BCUT2D eigenvalue weighted by Gasteiger charge is 2.02. The van der Waals surface area contributed by atoms with E-state index in [4.69, 9.17) is 15.2 Å². The van der Waals surface area contributed by atoms with Gasteiger partial charge in [-0.05, 0) is 35.4 Å². The first-order valence-corrected chi connectivity index (χ1v) is 5.71. The van der Waals surface area contributed by atoms with Crippen LogP contribution in [-0.2, 0) is 13.2 Å². The topological polar surface area (TPSA) is 57.4 Å². The number of ether oxygens (including phenoxy) is 2. The highest BCUT2D eigenvalue weighted by Crippen LogP contribution is 2.23. The maximum Gasteiger partial charge on any atom is 0.123 e. The summed E-state index contributed by atoms with van der Waals surface area (Å²) in [5.74, 6) is 1.51. The van der Waals surface area contributed by atoms with Crippen molar-refractivity contribution < 1.29 is 9.47 Å². The van der Waals surface area contributed by atoms with Crippen molar-refractivity contribution in [1.29, 1.82) is 0 Å². The Morgan fingerprint density at radius 3 is 2.44 bits per heavy atom. The molecule has 0 aliphatic rings. The molecule has 0 fully saturated rings. The lowest BCUT2D eigenvalue weighted by Gasteiger charge is -2.10. The number of methoxy groups -OCH3 is 1. The third-order valence-electron chi connectivity index (χ3n) is 2.57. The summed E-state index contributed by atoms with van der Waals surface area (Å²) in [6, 6.07) is 9.51.